The number of carboxylic acid groups (broad SMARTS) is 1. The molecule has 0 aromatic rings. The first-order valence-corrected chi connectivity index (χ1v) is 10.8. The molecule has 0 spiro atoms. The number of allylic oxidation sites excluding steroid dienone is 2. The number of carbonyl (C=O) groups is 1. The minimum atomic E-state index is -4.62. The SMILES string of the molecule is CCCCC(C)([C@H](O)/C=C/[C@@H]1[C@H]2C(F)/C(=C/CCCC(=O)O)O[C@H]2C[C@H]1O)C(F)(F)F.[H-].[Na+]. The maximum atomic E-state index is 15.0. The Morgan fingerprint density at radius 3 is 2.56 bits per heavy atom. The summed E-state index contributed by atoms with van der Waals surface area (Å²) in [5.74, 6) is -2.43. The first-order chi connectivity index (χ1) is 14.4. The van der Waals surface area contributed by atoms with Gasteiger partial charge in [0, 0.05) is 24.7 Å². The van der Waals surface area contributed by atoms with Crippen LogP contribution in [0.2, 0.25) is 0 Å². The Morgan fingerprint density at radius 1 is 1.34 bits per heavy atom. The Morgan fingerprint density at radius 2 is 2.00 bits per heavy atom. The Hall–Kier alpha value is -0.610. The van der Waals surface area contributed by atoms with Crippen molar-refractivity contribution in [1.29, 1.82) is 0 Å². The van der Waals surface area contributed by atoms with Gasteiger partial charge >= 0.3 is 41.7 Å². The van der Waals surface area contributed by atoms with Gasteiger partial charge < -0.3 is 21.5 Å². The van der Waals surface area contributed by atoms with Crippen molar-refractivity contribution >= 4 is 5.97 Å². The normalized spacial score (nSPS) is 31.8. The van der Waals surface area contributed by atoms with E-state index in [-0.39, 0.29) is 56.0 Å². The molecule has 0 amide bonds. The van der Waals surface area contributed by atoms with Gasteiger partial charge in [-0.3, -0.25) is 4.79 Å². The van der Waals surface area contributed by atoms with Gasteiger partial charge in [-0.05, 0) is 32.3 Å². The summed E-state index contributed by atoms with van der Waals surface area (Å²) in [7, 11) is 0. The molecular formula is C22H33F4NaO5. The maximum absolute atomic E-state index is 15.0. The second-order valence-corrected chi connectivity index (χ2v) is 8.76. The molecule has 2 fully saturated rings. The number of unbranched alkanes of at least 4 members (excludes halogenated alkanes) is 2. The van der Waals surface area contributed by atoms with Crippen LogP contribution < -0.4 is 29.6 Å². The van der Waals surface area contributed by atoms with Crippen LogP contribution in [0, 0.1) is 17.3 Å². The summed E-state index contributed by atoms with van der Waals surface area (Å²) in [5, 5.41) is 29.3. The van der Waals surface area contributed by atoms with Crippen molar-refractivity contribution in [2.24, 2.45) is 17.3 Å². The fraction of sp³-hybridized carbons (Fsp3) is 0.773. The number of alkyl halides is 4. The van der Waals surface area contributed by atoms with Crippen LogP contribution in [-0.2, 0) is 9.53 Å². The number of rotatable bonds is 10. The fourth-order valence-electron chi connectivity index (χ4n) is 4.36. The van der Waals surface area contributed by atoms with E-state index in [1.807, 2.05) is 0 Å². The number of fused-ring (bicyclic) bond motifs is 1. The number of aliphatic hydroxyl groups is 2. The van der Waals surface area contributed by atoms with Gasteiger partial charge in [0.05, 0.1) is 17.6 Å². The second kappa shape index (κ2) is 12.2. The van der Waals surface area contributed by atoms with Crippen molar-refractivity contribution in [2.75, 3.05) is 0 Å². The first kappa shape index (κ1) is 29.4. The standard InChI is InChI=1S/C22H32F4O5.Na.H/c1-3-4-11-21(2,22(24,25)26)17(28)10-9-13-14(27)12-16-19(13)20(23)15(31-16)7-5-6-8-18(29)30;;/h7,9-10,13-14,16-17,19-20,27-28H,3-6,8,11-12H2,1-2H3,(H,29,30);;/q;+1;-1/b10-9+,15-7-;;/t13-,14+,16-,17+,19+,20?,21?;;/m0../s1. The van der Waals surface area contributed by atoms with Crippen LogP contribution >= 0.6 is 0 Å². The van der Waals surface area contributed by atoms with Gasteiger partial charge in [0.15, 0.2) is 6.17 Å². The smallest absolute Gasteiger partial charge is 1.00 e. The zero-order valence-electron chi connectivity index (χ0n) is 19.8. The number of aliphatic carboxylic acids is 1. The number of carboxylic acids is 1. The van der Waals surface area contributed by atoms with E-state index in [2.05, 4.69) is 0 Å². The van der Waals surface area contributed by atoms with Crippen LogP contribution in [0.4, 0.5) is 17.6 Å². The number of hydrogen-bond donors (Lipinski definition) is 3. The molecule has 0 aromatic carbocycles. The summed E-state index contributed by atoms with van der Waals surface area (Å²) in [4.78, 5) is 10.6. The van der Waals surface area contributed by atoms with Crippen LogP contribution in [0.5, 0.6) is 0 Å². The number of halogens is 4. The molecule has 2 unspecified atom stereocenters. The van der Waals surface area contributed by atoms with E-state index < -0.39 is 53.9 Å². The van der Waals surface area contributed by atoms with E-state index in [1.54, 1.807) is 6.92 Å². The van der Waals surface area contributed by atoms with E-state index in [9.17, 15) is 32.6 Å². The summed E-state index contributed by atoms with van der Waals surface area (Å²) < 4.78 is 61.4. The number of ether oxygens (including phenoxy) is 1. The van der Waals surface area contributed by atoms with E-state index in [0.29, 0.717) is 25.7 Å². The topological polar surface area (TPSA) is 87.0 Å². The van der Waals surface area contributed by atoms with Crippen molar-refractivity contribution in [2.45, 2.75) is 89.5 Å². The monoisotopic (exact) mass is 476 g/mol. The van der Waals surface area contributed by atoms with Gasteiger partial charge in [-0.2, -0.15) is 13.2 Å². The van der Waals surface area contributed by atoms with Crippen molar-refractivity contribution in [1.82, 2.24) is 0 Å². The summed E-state index contributed by atoms with van der Waals surface area (Å²) >= 11 is 0. The Balaban J connectivity index is 0.00000512. The molecule has 1 saturated heterocycles. The Labute approximate surface area is 209 Å². The fourth-order valence-corrected chi connectivity index (χ4v) is 4.36. The van der Waals surface area contributed by atoms with Crippen LogP contribution in [0.25, 0.3) is 0 Å². The second-order valence-electron chi connectivity index (χ2n) is 8.76. The van der Waals surface area contributed by atoms with Gasteiger partial charge in [0.25, 0.3) is 0 Å². The molecule has 0 aromatic heterocycles. The zero-order chi connectivity index (χ0) is 23.4. The summed E-state index contributed by atoms with van der Waals surface area (Å²) in [6, 6.07) is 0. The van der Waals surface area contributed by atoms with E-state index in [4.69, 9.17) is 9.84 Å². The third-order valence-electron chi connectivity index (χ3n) is 6.49. The first-order valence-electron chi connectivity index (χ1n) is 10.8. The molecule has 1 heterocycles. The third-order valence-corrected chi connectivity index (χ3v) is 6.49. The molecule has 1 aliphatic carbocycles. The number of hydrogen-bond acceptors (Lipinski definition) is 4. The van der Waals surface area contributed by atoms with E-state index >= 15 is 0 Å². The van der Waals surface area contributed by atoms with Gasteiger partial charge in [0.2, 0.25) is 0 Å². The van der Waals surface area contributed by atoms with Crippen LogP contribution in [0.15, 0.2) is 24.0 Å². The average Bonchev–Trinajstić information content (AvgIpc) is 3.14. The third kappa shape index (κ3) is 6.72. The summed E-state index contributed by atoms with van der Waals surface area (Å²) in [5.41, 5.74) is -2.33. The molecule has 1 saturated carbocycles. The molecule has 2 aliphatic rings. The van der Waals surface area contributed by atoms with Gasteiger partial charge in [-0.15, -0.1) is 0 Å². The van der Waals surface area contributed by atoms with Gasteiger partial charge in [-0.1, -0.05) is 31.9 Å². The zero-order valence-corrected chi connectivity index (χ0v) is 20.8. The van der Waals surface area contributed by atoms with Crippen molar-refractivity contribution in [3.05, 3.63) is 24.0 Å². The molecule has 0 radical (unpaired) electrons. The maximum Gasteiger partial charge on any atom is 1.00 e. The predicted molar refractivity (Wildman–Crippen MR) is 107 cm³/mol. The van der Waals surface area contributed by atoms with Crippen molar-refractivity contribution in [3.8, 4) is 0 Å². The number of aliphatic hydroxyl groups excluding tert-OH is 2. The molecule has 0 bridgehead atoms. The largest absolute Gasteiger partial charge is 1.00 e. The minimum Gasteiger partial charge on any atom is -1.00 e. The Bertz CT molecular complexity index is 690. The van der Waals surface area contributed by atoms with Gasteiger partial charge in [0.1, 0.15) is 11.9 Å². The summed E-state index contributed by atoms with van der Waals surface area (Å²) in [6.07, 6.45) is -4.42. The van der Waals surface area contributed by atoms with Crippen LogP contribution in [-0.4, -0.2) is 51.9 Å². The van der Waals surface area contributed by atoms with Crippen molar-refractivity contribution < 1.29 is 73.4 Å². The van der Waals surface area contributed by atoms with Gasteiger partial charge in [-0.25, -0.2) is 4.39 Å². The predicted octanol–water partition coefficient (Wildman–Crippen LogP) is 1.65. The molecule has 10 heteroatoms. The summed E-state index contributed by atoms with van der Waals surface area (Å²) in [6.45, 7) is 2.74. The molecule has 1 aliphatic heterocycles. The molecular weight excluding hydrogens is 443 g/mol. The van der Waals surface area contributed by atoms with E-state index in [1.165, 1.54) is 12.2 Å². The van der Waals surface area contributed by atoms with Crippen molar-refractivity contribution in [3.63, 3.8) is 0 Å². The quantitative estimate of drug-likeness (QED) is 0.193. The molecule has 32 heavy (non-hydrogen) atoms. The Kier molecular flexibility index (Phi) is 11.2. The van der Waals surface area contributed by atoms with Crippen LogP contribution in [0.1, 0.15) is 60.2 Å². The minimum absolute atomic E-state index is 0. The molecule has 180 valence electrons. The molecule has 5 nitrogen and oxygen atoms in total. The van der Waals surface area contributed by atoms with Crippen LogP contribution in [0.3, 0.4) is 0 Å². The molecule has 7 atom stereocenters. The average molecular weight is 476 g/mol. The molecule has 3 N–H and O–H groups in total. The van der Waals surface area contributed by atoms with E-state index in [0.717, 1.165) is 13.0 Å². The molecule has 2 rings (SSSR count).